The van der Waals surface area contributed by atoms with Crippen LogP contribution in [0.15, 0.2) is 0 Å². The summed E-state index contributed by atoms with van der Waals surface area (Å²) in [4.78, 5) is 38.3. The van der Waals surface area contributed by atoms with Gasteiger partial charge >= 0.3 is 11.9 Å². The van der Waals surface area contributed by atoms with E-state index in [1.807, 2.05) is 13.8 Å². The summed E-state index contributed by atoms with van der Waals surface area (Å²) in [5, 5.41) is 0. The Balaban J connectivity index is 1.53. The van der Waals surface area contributed by atoms with E-state index in [-0.39, 0.29) is 40.7 Å². The molecule has 0 aromatic rings. The van der Waals surface area contributed by atoms with Gasteiger partial charge in [-0.1, -0.05) is 34.6 Å². The molecule has 0 amide bonds. The van der Waals surface area contributed by atoms with Crippen LogP contribution in [0.5, 0.6) is 0 Å². The van der Waals surface area contributed by atoms with Crippen LogP contribution < -0.4 is 0 Å². The van der Waals surface area contributed by atoms with Crippen LogP contribution in [0.25, 0.3) is 0 Å². The molecular formula is C31H50O5. The number of rotatable bonds is 8. The number of esters is 2. The fourth-order valence-electron chi connectivity index (χ4n) is 9.75. The lowest BCUT2D eigenvalue weighted by Gasteiger charge is -2.62. The highest BCUT2D eigenvalue weighted by Crippen LogP contribution is 2.68. The fraction of sp³-hybridized carbons (Fsp3) is 0.903. The standard InChI is InChI=1S/C31H50O5/c1-7-21-25-18-20(36-26(32)8-2)14-16-31(25,6)24-15-17-30(5)22(11-12-23(30)28(24)29(21)34)19(4)10-13-27(33)35-9-3/h19-25,28H,7-18H2,1-6H3/t19-,20-,21?,22?,23?,24?,25?,28?,30?,31?/m1/s1. The van der Waals surface area contributed by atoms with E-state index in [0.717, 1.165) is 44.9 Å². The quantitative estimate of drug-likeness (QED) is 0.343. The molecule has 4 rings (SSSR count). The summed E-state index contributed by atoms with van der Waals surface area (Å²) in [7, 11) is 0. The van der Waals surface area contributed by atoms with Crippen LogP contribution in [-0.4, -0.2) is 30.4 Å². The van der Waals surface area contributed by atoms with E-state index in [1.165, 1.54) is 12.8 Å². The second-order valence-electron chi connectivity index (χ2n) is 13.1. The molecule has 0 spiro atoms. The van der Waals surface area contributed by atoms with Crippen molar-refractivity contribution in [2.45, 2.75) is 118 Å². The lowest BCUT2D eigenvalue weighted by Crippen LogP contribution is -2.60. The maximum Gasteiger partial charge on any atom is 0.305 e. The molecule has 0 radical (unpaired) electrons. The molecule has 0 aromatic heterocycles. The molecule has 5 heteroatoms. The highest BCUT2D eigenvalue weighted by molar-refractivity contribution is 5.86. The molecule has 4 saturated carbocycles. The maximum absolute atomic E-state index is 14.3. The number of ketones is 1. The first-order valence-electron chi connectivity index (χ1n) is 15.0. The van der Waals surface area contributed by atoms with Crippen molar-refractivity contribution in [1.29, 1.82) is 0 Å². The highest BCUT2D eigenvalue weighted by Gasteiger charge is 2.65. The largest absolute Gasteiger partial charge is 0.466 e. The Morgan fingerprint density at radius 2 is 1.64 bits per heavy atom. The normalized spacial score (nSPS) is 42.6. The molecule has 0 saturated heterocycles. The van der Waals surface area contributed by atoms with Gasteiger partial charge in [-0.2, -0.15) is 0 Å². The van der Waals surface area contributed by atoms with Crippen molar-refractivity contribution >= 4 is 17.7 Å². The number of fused-ring (bicyclic) bond motifs is 5. The van der Waals surface area contributed by atoms with Gasteiger partial charge in [0.1, 0.15) is 11.9 Å². The molecule has 4 aliphatic carbocycles. The summed E-state index contributed by atoms with van der Waals surface area (Å²) < 4.78 is 11.0. The Labute approximate surface area is 218 Å². The molecule has 0 heterocycles. The van der Waals surface area contributed by atoms with E-state index >= 15 is 0 Å². The molecular weight excluding hydrogens is 452 g/mol. The first kappa shape index (κ1) is 27.6. The second kappa shape index (κ2) is 10.8. The topological polar surface area (TPSA) is 69.7 Å². The van der Waals surface area contributed by atoms with Gasteiger partial charge in [0.15, 0.2) is 0 Å². The van der Waals surface area contributed by atoms with Gasteiger partial charge in [-0.3, -0.25) is 14.4 Å². The Bertz CT molecular complexity index is 837. The van der Waals surface area contributed by atoms with E-state index in [0.29, 0.717) is 54.8 Å². The van der Waals surface area contributed by atoms with Gasteiger partial charge < -0.3 is 9.47 Å². The number of carbonyl (C=O) groups excluding carboxylic acids is 3. The van der Waals surface area contributed by atoms with Crippen LogP contribution in [-0.2, 0) is 23.9 Å². The Kier molecular flexibility index (Phi) is 8.27. The van der Waals surface area contributed by atoms with Gasteiger partial charge in [0, 0.05) is 24.7 Å². The van der Waals surface area contributed by atoms with Crippen molar-refractivity contribution in [1.82, 2.24) is 0 Å². The van der Waals surface area contributed by atoms with Crippen molar-refractivity contribution in [2.24, 2.45) is 52.3 Å². The zero-order chi connectivity index (χ0) is 26.3. The third-order valence-electron chi connectivity index (χ3n) is 11.6. The molecule has 204 valence electrons. The molecule has 10 atom stereocenters. The minimum absolute atomic E-state index is 0.0288. The number of carbonyl (C=O) groups is 3. The third-order valence-corrected chi connectivity index (χ3v) is 11.6. The van der Waals surface area contributed by atoms with E-state index in [9.17, 15) is 14.4 Å². The number of Topliss-reactive ketones (excluding diaryl/α,β-unsaturated/α-hetero) is 1. The Hall–Kier alpha value is -1.39. The summed E-state index contributed by atoms with van der Waals surface area (Å²) in [5.74, 6) is 2.85. The molecule has 4 fully saturated rings. The minimum Gasteiger partial charge on any atom is -0.466 e. The maximum atomic E-state index is 14.3. The van der Waals surface area contributed by atoms with E-state index < -0.39 is 0 Å². The van der Waals surface area contributed by atoms with Crippen LogP contribution in [0.2, 0.25) is 0 Å². The van der Waals surface area contributed by atoms with Gasteiger partial charge in [-0.05, 0) is 105 Å². The van der Waals surface area contributed by atoms with Crippen molar-refractivity contribution in [2.75, 3.05) is 6.61 Å². The molecule has 8 unspecified atom stereocenters. The van der Waals surface area contributed by atoms with E-state index in [1.54, 1.807) is 0 Å². The predicted octanol–water partition coefficient (Wildman–Crippen LogP) is 6.76. The highest BCUT2D eigenvalue weighted by atomic mass is 16.5. The number of ether oxygens (including phenoxy) is 2. The second-order valence-corrected chi connectivity index (χ2v) is 13.1. The Morgan fingerprint density at radius 3 is 2.31 bits per heavy atom. The molecule has 36 heavy (non-hydrogen) atoms. The predicted molar refractivity (Wildman–Crippen MR) is 140 cm³/mol. The van der Waals surface area contributed by atoms with Gasteiger partial charge in [0.2, 0.25) is 0 Å². The fourth-order valence-corrected chi connectivity index (χ4v) is 9.75. The third kappa shape index (κ3) is 4.66. The molecule has 0 N–H and O–H groups in total. The van der Waals surface area contributed by atoms with Gasteiger partial charge in [0.25, 0.3) is 0 Å². The van der Waals surface area contributed by atoms with Crippen molar-refractivity contribution in [3.8, 4) is 0 Å². The Morgan fingerprint density at radius 1 is 0.944 bits per heavy atom. The number of hydrogen-bond donors (Lipinski definition) is 0. The van der Waals surface area contributed by atoms with Gasteiger partial charge in [-0.25, -0.2) is 0 Å². The molecule has 0 bridgehead atoms. The summed E-state index contributed by atoms with van der Waals surface area (Å²) in [6, 6.07) is 0. The van der Waals surface area contributed by atoms with Gasteiger partial charge in [-0.15, -0.1) is 0 Å². The van der Waals surface area contributed by atoms with Crippen LogP contribution in [0.1, 0.15) is 112 Å². The SMILES string of the molecule is CCOC(=O)CC[C@@H](C)C1CCC2C3C(=O)C(CC)C4C[C@H](OC(=O)CC)CCC4(C)C3CCC21C. The molecule has 5 nitrogen and oxygen atoms in total. The van der Waals surface area contributed by atoms with E-state index in [4.69, 9.17) is 9.47 Å². The molecule has 0 aromatic carbocycles. The monoisotopic (exact) mass is 502 g/mol. The van der Waals surface area contributed by atoms with Crippen molar-refractivity contribution in [3.63, 3.8) is 0 Å². The lowest BCUT2D eigenvalue weighted by molar-refractivity contribution is -0.179. The van der Waals surface area contributed by atoms with Gasteiger partial charge in [0.05, 0.1) is 6.61 Å². The van der Waals surface area contributed by atoms with Crippen LogP contribution in [0, 0.1) is 52.3 Å². The average Bonchev–Trinajstić information content (AvgIpc) is 3.21. The minimum atomic E-state index is -0.112. The zero-order valence-electron chi connectivity index (χ0n) is 23.6. The average molecular weight is 503 g/mol. The summed E-state index contributed by atoms with van der Waals surface area (Å²) >= 11 is 0. The zero-order valence-corrected chi connectivity index (χ0v) is 23.6. The first-order chi connectivity index (χ1) is 17.1. The molecule has 4 aliphatic rings. The molecule has 0 aliphatic heterocycles. The van der Waals surface area contributed by atoms with Crippen molar-refractivity contribution < 1.29 is 23.9 Å². The first-order valence-corrected chi connectivity index (χ1v) is 15.0. The van der Waals surface area contributed by atoms with Crippen LogP contribution >= 0.6 is 0 Å². The lowest BCUT2D eigenvalue weighted by atomic mass is 9.42. The summed E-state index contributed by atoms with van der Waals surface area (Å²) in [6.45, 7) is 13.6. The summed E-state index contributed by atoms with van der Waals surface area (Å²) in [6.07, 6.45) is 10.1. The smallest absolute Gasteiger partial charge is 0.305 e. The van der Waals surface area contributed by atoms with E-state index in [2.05, 4.69) is 27.7 Å². The van der Waals surface area contributed by atoms with Crippen LogP contribution in [0.4, 0.5) is 0 Å². The van der Waals surface area contributed by atoms with Crippen molar-refractivity contribution in [3.05, 3.63) is 0 Å². The van der Waals surface area contributed by atoms with Crippen LogP contribution in [0.3, 0.4) is 0 Å². The summed E-state index contributed by atoms with van der Waals surface area (Å²) in [5.41, 5.74) is 0.337. The number of hydrogen-bond acceptors (Lipinski definition) is 5.